The highest BCUT2D eigenvalue weighted by molar-refractivity contribution is 5.74. The van der Waals surface area contributed by atoms with Crippen molar-refractivity contribution in [1.82, 2.24) is 15.5 Å². The molecule has 0 bridgehead atoms. The van der Waals surface area contributed by atoms with Crippen molar-refractivity contribution in [2.45, 2.75) is 6.42 Å². The molecule has 92 valence electrons. The van der Waals surface area contributed by atoms with Crippen LogP contribution in [-0.4, -0.2) is 43.7 Å². The molecule has 2 amide bonds. The Labute approximate surface area is 102 Å². The molecule has 0 unspecified atom stereocenters. The van der Waals surface area contributed by atoms with Crippen molar-refractivity contribution in [3.63, 3.8) is 0 Å². The van der Waals surface area contributed by atoms with Crippen molar-refractivity contribution in [2.24, 2.45) is 0 Å². The molecule has 0 spiro atoms. The molecular formula is C13H19N3O. The summed E-state index contributed by atoms with van der Waals surface area (Å²) in [5.74, 6) is 0. The molecule has 2 rings (SSSR count). The van der Waals surface area contributed by atoms with Crippen molar-refractivity contribution in [3.8, 4) is 0 Å². The first-order valence-corrected chi connectivity index (χ1v) is 6.14. The van der Waals surface area contributed by atoms with Crippen LogP contribution < -0.4 is 10.6 Å². The number of carbonyl (C=O) groups is 1. The van der Waals surface area contributed by atoms with Crippen LogP contribution in [0.2, 0.25) is 0 Å². The number of piperazine rings is 1. The quantitative estimate of drug-likeness (QED) is 0.812. The van der Waals surface area contributed by atoms with Gasteiger partial charge in [0.15, 0.2) is 0 Å². The summed E-state index contributed by atoms with van der Waals surface area (Å²) in [4.78, 5) is 13.6. The number of carbonyl (C=O) groups excluding carboxylic acids is 1. The van der Waals surface area contributed by atoms with E-state index in [1.54, 1.807) is 0 Å². The van der Waals surface area contributed by atoms with Gasteiger partial charge in [-0.2, -0.15) is 0 Å². The first-order valence-electron chi connectivity index (χ1n) is 6.14. The van der Waals surface area contributed by atoms with Crippen LogP contribution in [0.25, 0.3) is 0 Å². The molecule has 0 radical (unpaired) electrons. The third-order valence-corrected chi connectivity index (χ3v) is 2.94. The van der Waals surface area contributed by atoms with Crippen LogP contribution in [0, 0.1) is 0 Å². The summed E-state index contributed by atoms with van der Waals surface area (Å²) >= 11 is 0. The molecule has 1 aliphatic heterocycles. The molecule has 0 aromatic heterocycles. The van der Waals surface area contributed by atoms with Gasteiger partial charge in [-0.25, -0.2) is 4.79 Å². The zero-order valence-corrected chi connectivity index (χ0v) is 9.98. The van der Waals surface area contributed by atoms with Gasteiger partial charge in [-0.3, -0.25) is 0 Å². The SMILES string of the molecule is O=C(NCCc1ccccc1)N1CCNCC1. The average molecular weight is 233 g/mol. The van der Waals surface area contributed by atoms with E-state index in [-0.39, 0.29) is 6.03 Å². The minimum absolute atomic E-state index is 0.0578. The largest absolute Gasteiger partial charge is 0.338 e. The van der Waals surface area contributed by atoms with Gasteiger partial charge in [-0.15, -0.1) is 0 Å². The second-order valence-corrected chi connectivity index (χ2v) is 4.20. The van der Waals surface area contributed by atoms with Crippen LogP contribution in [-0.2, 0) is 6.42 Å². The molecule has 1 heterocycles. The Kier molecular flexibility index (Phi) is 4.38. The van der Waals surface area contributed by atoms with Gasteiger partial charge in [0.1, 0.15) is 0 Å². The number of hydrogen-bond acceptors (Lipinski definition) is 2. The van der Waals surface area contributed by atoms with E-state index in [9.17, 15) is 4.79 Å². The Morgan fingerprint density at radius 3 is 2.65 bits per heavy atom. The second kappa shape index (κ2) is 6.25. The van der Waals surface area contributed by atoms with Gasteiger partial charge in [0, 0.05) is 32.7 Å². The van der Waals surface area contributed by atoms with Gasteiger partial charge in [-0.05, 0) is 12.0 Å². The maximum absolute atomic E-state index is 11.8. The second-order valence-electron chi connectivity index (χ2n) is 4.20. The molecule has 0 aliphatic carbocycles. The van der Waals surface area contributed by atoms with Crippen LogP contribution in [0.3, 0.4) is 0 Å². The highest BCUT2D eigenvalue weighted by Crippen LogP contribution is 1.99. The van der Waals surface area contributed by atoms with E-state index in [0.717, 1.165) is 32.6 Å². The summed E-state index contributed by atoms with van der Waals surface area (Å²) in [6, 6.07) is 10.3. The summed E-state index contributed by atoms with van der Waals surface area (Å²) in [5, 5.41) is 6.19. The van der Waals surface area contributed by atoms with Crippen LogP contribution in [0.5, 0.6) is 0 Å². The zero-order valence-electron chi connectivity index (χ0n) is 9.98. The Morgan fingerprint density at radius 1 is 1.24 bits per heavy atom. The summed E-state index contributed by atoms with van der Waals surface area (Å²) < 4.78 is 0. The highest BCUT2D eigenvalue weighted by atomic mass is 16.2. The fraction of sp³-hybridized carbons (Fsp3) is 0.462. The summed E-state index contributed by atoms with van der Waals surface area (Å²) in [6.45, 7) is 4.10. The predicted molar refractivity (Wildman–Crippen MR) is 68.0 cm³/mol. The zero-order chi connectivity index (χ0) is 11.9. The molecule has 4 nitrogen and oxygen atoms in total. The first kappa shape index (κ1) is 11.9. The molecule has 0 atom stereocenters. The number of urea groups is 1. The highest BCUT2D eigenvalue weighted by Gasteiger charge is 2.14. The molecule has 0 saturated carbocycles. The molecule has 1 aromatic rings. The molecule has 2 N–H and O–H groups in total. The molecular weight excluding hydrogens is 214 g/mol. The van der Waals surface area contributed by atoms with Crippen LogP contribution >= 0.6 is 0 Å². The Balaban J connectivity index is 1.69. The van der Waals surface area contributed by atoms with E-state index in [0.29, 0.717) is 6.54 Å². The molecule has 17 heavy (non-hydrogen) atoms. The van der Waals surface area contributed by atoms with Crippen LogP contribution in [0.4, 0.5) is 4.79 Å². The predicted octanol–water partition coefficient (Wildman–Crippen LogP) is 0.844. The summed E-state index contributed by atoms with van der Waals surface area (Å²) in [5.41, 5.74) is 1.26. The number of benzene rings is 1. The van der Waals surface area contributed by atoms with E-state index in [1.165, 1.54) is 5.56 Å². The molecule has 4 heteroatoms. The molecule has 1 saturated heterocycles. The minimum atomic E-state index is 0.0578. The smallest absolute Gasteiger partial charge is 0.317 e. The van der Waals surface area contributed by atoms with E-state index < -0.39 is 0 Å². The number of nitrogens with zero attached hydrogens (tertiary/aromatic N) is 1. The molecule has 1 fully saturated rings. The normalized spacial score (nSPS) is 15.6. The standard InChI is InChI=1S/C13H19N3O/c17-13(16-10-8-14-9-11-16)15-7-6-12-4-2-1-3-5-12/h1-5,14H,6-11H2,(H,15,17). The minimum Gasteiger partial charge on any atom is -0.338 e. The van der Waals surface area contributed by atoms with Crippen molar-refractivity contribution in [3.05, 3.63) is 35.9 Å². The average Bonchev–Trinajstić information content (AvgIpc) is 2.41. The van der Waals surface area contributed by atoms with E-state index in [4.69, 9.17) is 0 Å². The van der Waals surface area contributed by atoms with Gasteiger partial charge >= 0.3 is 6.03 Å². The fourth-order valence-corrected chi connectivity index (χ4v) is 1.94. The molecule has 1 aromatic carbocycles. The van der Waals surface area contributed by atoms with Crippen LogP contribution in [0.15, 0.2) is 30.3 Å². The third kappa shape index (κ3) is 3.75. The number of nitrogens with one attached hydrogen (secondary N) is 2. The van der Waals surface area contributed by atoms with E-state index in [1.807, 2.05) is 23.1 Å². The van der Waals surface area contributed by atoms with E-state index >= 15 is 0 Å². The third-order valence-electron chi connectivity index (χ3n) is 2.94. The van der Waals surface area contributed by atoms with Gasteiger partial charge in [0.2, 0.25) is 0 Å². The lowest BCUT2D eigenvalue weighted by atomic mass is 10.1. The maximum Gasteiger partial charge on any atom is 0.317 e. The Bertz CT molecular complexity index is 347. The monoisotopic (exact) mass is 233 g/mol. The fourth-order valence-electron chi connectivity index (χ4n) is 1.94. The van der Waals surface area contributed by atoms with Crippen LogP contribution in [0.1, 0.15) is 5.56 Å². The lowest BCUT2D eigenvalue weighted by Gasteiger charge is -2.27. The van der Waals surface area contributed by atoms with Crippen molar-refractivity contribution in [1.29, 1.82) is 0 Å². The number of amides is 2. The van der Waals surface area contributed by atoms with Crippen molar-refractivity contribution >= 4 is 6.03 Å². The summed E-state index contributed by atoms with van der Waals surface area (Å²) in [6.07, 6.45) is 0.888. The Hall–Kier alpha value is -1.55. The van der Waals surface area contributed by atoms with Gasteiger partial charge in [-0.1, -0.05) is 30.3 Å². The van der Waals surface area contributed by atoms with Gasteiger partial charge in [0.05, 0.1) is 0 Å². The Morgan fingerprint density at radius 2 is 1.94 bits per heavy atom. The molecule has 1 aliphatic rings. The lowest BCUT2D eigenvalue weighted by Crippen LogP contribution is -2.50. The topological polar surface area (TPSA) is 44.4 Å². The van der Waals surface area contributed by atoms with Gasteiger partial charge in [0.25, 0.3) is 0 Å². The summed E-state index contributed by atoms with van der Waals surface area (Å²) in [7, 11) is 0. The van der Waals surface area contributed by atoms with E-state index in [2.05, 4.69) is 22.8 Å². The maximum atomic E-state index is 11.8. The lowest BCUT2D eigenvalue weighted by molar-refractivity contribution is 0.190. The van der Waals surface area contributed by atoms with Crippen molar-refractivity contribution in [2.75, 3.05) is 32.7 Å². The number of hydrogen-bond donors (Lipinski definition) is 2. The first-order chi connectivity index (χ1) is 8.36. The van der Waals surface area contributed by atoms with Crippen molar-refractivity contribution < 1.29 is 4.79 Å². The van der Waals surface area contributed by atoms with Gasteiger partial charge < -0.3 is 15.5 Å². The number of rotatable bonds is 3.